The third-order valence-corrected chi connectivity index (χ3v) is 2.12. The first kappa shape index (κ1) is 12.4. The number of ether oxygens (including phenoxy) is 1. The first-order chi connectivity index (χ1) is 7.69. The van der Waals surface area contributed by atoms with Gasteiger partial charge in [0.1, 0.15) is 5.88 Å². The van der Waals surface area contributed by atoms with E-state index in [0.29, 0.717) is 5.56 Å². The smallest absolute Gasteiger partial charge is 0.323 e. The molecule has 1 rings (SSSR count). The Morgan fingerprint density at radius 3 is 2.62 bits per heavy atom. The Bertz CT molecular complexity index is 358. The summed E-state index contributed by atoms with van der Waals surface area (Å²) in [7, 11) is 1.42. The van der Waals surface area contributed by atoms with Crippen molar-refractivity contribution in [1.82, 2.24) is 5.01 Å². The summed E-state index contributed by atoms with van der Waals surface area (Å²) in [5.74, 6) is -0.873. The molecule has 0 amide bonds. The van der Waals surface area contributed by atoms with Gasteiger partial charge in [-0.2, -0.15) is 0 Å². The highest BCUT2D eigenvalue weighted by Crippen LogP contribution is 2.21. The van der Waals surface area contributed by atoms with E-state index < -0.39 is 12.2 Å². The van der Waals surface area contributed by atoms with Gasteiger partial charge in [-0.25, -0.2) is 5.01 Å². The van der Waals surface area contributed by atoms with Crippen LogP contribution in [0.25, 0.3) is 0 Å². The largest absolute Gasteiger partial charge is 0.435 e. The van der Waals surface area contributed by atoms with Crippen molar-refractivity contribution >= 4 is 17.6 Å². The number of hydrogen-bond donors (Lipinski definition) is 0. The Morgan fingerprint density at radius 2 is 2.12 bits per heavy atom. The summed E-state index contributed by atoms with van der Waals surface area (Å²) in [4.78, 5) is 21.5. The van der Waals surface area contributed by atoms with E-state index in [9.17, 15) is 9.70 Å². The lowest BCUT2D eigenvalue weighted by Gasteiger charge is -2.22. The molecule has 86 valence electrons. The van der Waals surface area contributed by atoms with Crippen molar-refractivity contribution in [3.63, 3.8) is 0 Å². The molecule has 0 radical (unpaired) electrons. The number of halogens is 1. The van der Waals surface area contributed by atoms with Gasteiger partial charge in [0.25, 0.3) is 0 Å². The lowest BCUT2D eigenvalue weighted by molar-refractivity contribution is -0.156. The molecule has 1 aromatic carbocycles. The van der Waals surface area contributed by atoms with Crippen molar-refractivity contribution in [3.8, 4) is 0 Å². The Morgan fingerprint density at radius 1 is 1.50 bits per heavy atom. The molecule has 0 aliphatic rings. The summed E-state index contributed by atoms with van der Waals surface area (Å²) in [5, 5.41) is 3.73. The van der Waals surface area contributed by atoms with Gasteiger partial charge in [-0.1, -0.05) is 30.3 Å². The van der Waals surface area contributed by atoms with E-state index in [2.05, 4.69) is 5.29 Å². The number of alkyl halides is 1. The molecule has 0 saturated heterocycles. The van der Waals surface area contributed by atoms with E-state index in [1.54, 1.807) is 24.3 Å². The molecule has 5 nitrogen and oxygen atoms in total. The van der Waals surface area contributed by atoms with Gasteiger partial charge in [0.2, 0.25) is 6.23 Å². The van der Waals surface area contributed by atoms with Gasteiger partial charge in [0.05, 0.1) is 5.29 Å². The minimum Gasteiger partial charge on any atom is -0.435 e. The number of benzene rings is 1. The molecule has 0 heterocycles. The maximum atomic E-state index is 11.1. The van der Waals surface area contributed by atoms with Crippen molar-refractivity contribution < 1.29 is 9.53 Å². The first-order valence-corrected chi connectivity index (χ1v) is 5.09. The molecule has 16 heavy (non-hydrogen) atoms. The molecule has 6 heteroatoms. The second-order valence-corrected chi connectivity index (χ2v) is 3.31. The van der Waals surface area contributed by atoms with E-state index in [-0.39, 0.29) is 5.88 Å². The number of carbonyl (C=O) groups is 1. The molecule has 0 fully saturated rings. The molecule has 1 unspecified atom stereocenters. The summed E-state index contributed by atoms with van der Waals surface area (Å²) >= 11 is 5.33. The maximum absolute atomic E-state index is 11.1. The second-order valence-electron chi connectivity index (χ2n) is 3.04. The van der Waals surface area contributed by atoms with Crippen LogP contribution < -0.4 is 0 Å². The van der Waals surface area contributed by atoms with Gasteiger partial charge in [-0.05, 0) is 0 Å². The molecule has 0 N–H and O–H groups in total. The van der Waals surface area contributed by atoms with Crippen LogP contribution in [0.2, 0.25) is 0 Å². The van der Waals surface area contributed by atoms with Gasteiger partial charge in [-0.3, -0.25) is 4.79 Å². The van der Waals surface area contributed by atoms with Crippen molar-refractivity contribution in [2.45, 2.75) is 6.23 Å². The van der Waals surface area contributed by atoms with Gasteiger partial charge in [-0.15, -0.1) is 16.5 Å². The lowest BCUT2D eigenvalue weighted by Crippen LogP contribution is -2.24. The average Bonchev–Trinajstić information content (AvgIpc) is 2.35. The van der Waals surface area contributed by atoms with Gasteiger partial charge >= 0.3 is 5.97 Å². The quantitative estimate of drug-likeness (QED) is 0.261. The normalized spacial score (nSPS) is 11.6. The molecule has 1 aromatic rings. The highest BCUT2D eigenvalue weighted by Gasteiger charge is 2.20. The van der Waals surface area contributed by atoms with Crippen LogP contribution in [0.1, 0.15) is 11.8 Å². The molecule has 0 aliphatic heterocycles. The van der Waals surface area contributed by atoms with Gasteiger partial charge in [0, 0.05) is 12.6 Å². The molecule has 0 aromatic heterocycles. The standard InChI is InChI=1S/C10H11ClN2O3/c1-13(12-15)10(16-9(14)7-11)8-5-3-2-4-6-8/h2-6,10H,7H2,1H3. The Hall–Kier alpha value is -1.62. The molecular weight excluding hydrogens is 232 g/mol. The third-order valence-electron chi connectivity index (χ3n) is 1.91. The average molecular weight is 243 g/mol. The van der Waals surface area contributed by atoms with E-state index in [1.165, 1.54) is 7.05 Å². The predicted molar refractivity (Wildman–Crippen MR) is 59.6 cm³/mol. The fraction of sp³-hybridized carbons (Fsp3) is 0.300. The molecular formula is C10H11ClN2O3. The summed E-state index contributed by atoms with van der Waals surface area (Å²) < 4.78 is 5.00. The molecule has 1 atom stereocenters. The highest BCUT2D eigenvalue weighted by molar-refractivity contribution is 6.26. The van der Waals surface area contributed by atoms with Crippen LogP contribution >= 0.6 is 11.6 Å². The van der Waals surface area contributed by atoms with Crippen LogP contribution in [0, 0.1) is 4.91 Å². The summed E-state index contributed by atoms with van der Waals surface area (Å²) in [6, 6.07) is 8.82. The van der Waals surface area contributed by atoms with E-state index in [1.807, 2.05) is 6.07 Å². The molecule has 0 bridgehead atoms. The monoisotopic (exact) mass is 242 g/mol. The maximum Gasteiger partial charge on any atom is 0.323 e. The molecule has 0 spiro atoms. The molecule has 0 aliphatic carbocycles. The van der Waals surface area contributed by atoms with E-state index >= 15 is 0 Å². The van der Waals surface area contributed by atoms with Crippen molar-refractivity contribution in [2.75, 3.05) is 12.9 Å². The van der Waals surface area contributed by atoms with Crippen LogP contribution in [0.4, 0.5) is 0 Å². The zero-order valence-corrected chi connectivity index (χ0v) is 9.42. The van der Waals surface area contributed by atoms with Crippen LogP contribution in [-0.2, 0) is 9.53 Å². The zero-order chi connectivity index (χ0) is 12.0. The Kier molecular flexibility index (Phi) is 4.72. The minimum absolute atomic E-state index is 0.268. The fourth-order valence-corrected chi connectivity index (χ4v) is 1.24. The van der Waals surface area contributed by atoms with Gasteiger partial charge < -0.3 is 4.74 Å². The van der Waals surface area contributed by atoms with Crippen LogP contribution in [-0.4, -0.2) is 23.9 Å². The second kappa shape index (κ2) is 6.07. The number of esters is 1. The summed E-state index contributed by atoms with van der Waals surface area (Å²) in [6.45, 7) is 0. The Labute approximate surface area is 97.9 Å². The van der Waals surface area contributed by atoms with E-state index in [0.717, 1.165) is 5.01 Å². The SMILES string of the molecule is CN(N=O)C(OC(=O)CCl)c1ccccc1. The number of nitroso groups, excluding NO2 is 1. The third kappa shape index (κ3) is 3.20. The van der Waals surface area contributed by atoms with Gasteiger partial charge in [0.15, 0.2) is 0 Å². The topological polar surface area (TPSA) is 59.0 Å². The summed E-state index contributed by atoms with van der Waals surface area (Å²) in [6.07, 6.45) is -0.843. The summed E-state index contributed by atoms with van der Waals surface area (Å²) in [5.41, 5.74) is 0.656. The van der Waals surface area contributed by atoms with Crippen LogP contribution in [0.15, 0.2) is 35.6 Å². The van der Waals surface area contributed by atoms with Crippen molar-refractivity contribution in [2.24, 2.45) is 5.29 Å². The number of carbonyl (C=O) groups excluding carboxylic acids is 1. The number of nitrogens with zero attached hydrogens (tertiary/aromatic N) is 2. The Balaban J connectivity index is 2.87. The number of rotatable bonds is 5. The lowest BCUT2D eigenvalue weighted by atomic mass is 10.2. The van der Waals surface area contributed by atoms with Crippen molar-refractivity contribution in [1.29, 1.82) is 0 Å². The first-order valence-electron chi connectivity index (χ1n) is 4.55. The van der Waals surface area contributed by atoms with E-state index in [4.69, 9.17) is 16.3 Å². The fourth-order valence-electron chi connectivity index (χ4n) is 1.18. The van der Waals surface area contributed by atoms with Crippen LogP contribution in [0.3, 0.4) is 0 Å². The van der Waals surface area contributed by atoms with Crippen LogP contribution in [0.5, 0.6) is 0 Å². The minimum atomic E-state index is -0.843. The molecule has 0 saturated carbocycles. The number of hydrogen-bond acceptors (Lipinski definition) is 4. The predicted octanol–water partition coefficient (Wildman–Crippen LogP) is 2.08. The zero-order valence-electron chi connectivity index (χ0n) is 8.67. The van der Waals surface area contributed by atoms with Crippen molar-refractivity contribution in [3.05, 3.63) is 40.8 Å². The highest BCUT2D eigenvalue weighted by atomic mass is 35.5.